The van der Waals surface area contributed by atoms with Gasteiger partial charge in [-0.25, -0.2) is 13.2 Å². The average molecular weight is 471 g/mol. The molecule has 0 saturated heterocycles. The van der Waals surface area contributed by atoms with E-state index in [1.165, 1.54) is 44.2 Å². The normalized spacial score (nSPS) is 17.1. The standard InChI is InChI=1S/C20H17N5O7S/c1-11(21-17-15-5-3-4-6-16(15)33(29,30)24-17)20(26)31-12(2)18-22-23-19(32-18)13-7-9-14(10-8-13)25(27)28/h3-12H,1-2H3,(H,21,24)/t11-,12?/m0/s1. The Balaban J connectivity index is 1.45. The number of hydrogen-bond acceptors (Lipinski definition) is 10. The van der Waals surface area contributed by atoms with E-state index in [1.807, 2.05) is 0 Å². The minimum atomic E-state index is -3.73. The van der Waals surface area contributed by atoms with Gasteiger partial charge in [0.2, 0.25) is 5.89 Å². The van der Waals surface area contributed by atoms with Gasteiger partial charge in [0.1, 0.15) is 11.9 Å². The summed E-state index contributed by atoms with van der Waals surface area (Å²) in [6.07, 6.45) is -0.910. The van der Waals surface area contributed by atoms with Crippen molar-refractivity contribution in [3.63, 3.8) is 0 Å². The highest BCUT2D eigenvalue weighted by molar-refractivity contribution is 7.90. The van der Waals surface area contributed by atoms with Gasteiger partial charge in [-0.15, -0.1) is 10.2 Å². The molecule has 0 saturated carbocycles. The molecule has 4 rings (SSSR count). The first-order valence-corrected chi connectivity index (χ1v) is 11.1. The fourth-order valence-electron chi connectivity index (χ4n) is 3.04. The van der Waals surface area contributed by atoms with Gasteiger partial charge in [-0.1, -0.05) is 12.1 Å². The number of rotatable bonds is 6. The number of nitro groups is 1. The third-order valence-electron chi connectivity index (χ3n) is 4.73. The van der Waals surface area contributed by atoms with Gasteiger partial charge in [0.05, 0.1) is 9.82 Å². The van der Waals surface area contributed by atoms with Crippen molar-refractivity contribution in [2.24, 2.45) is 4.99 Å². The number of benzene rings is 2. The molecule has 1 unspecified atom stereocenters. The van der Waals surface area contributed by atoms with E-state index in [2.05, 4.69) is 19.9 Å². The lowest BCUT2D eigenvalue weighted by Gasteiger charge is -2.12. The molecule has 170 valence electrons. The Morgan fingerprint density at radius 3 is 2.55 bits per heavy atom. The number of aliphatic imine (C=N–C) groups is 1. The maximum atomic E-state index is 12.5. The van der Waals surface area contributed by atoms with E-state index in [0.717, 1.165) is 0 Å². The first-order valence-electron chi connectivity index (χ1n) is 9.64. The van der Waals surface area contributed by atoms with E-state index in [0.29, 0.717) is 11.1 Å². The lowest BCUT2D eigenvalue weighted by Crippen LogP contribution is -2.27. The van der Waals surface area contributed by atoms with Crippen LogP contribution in [0.1, 0.15) is 31.4 Å². The quantitative estimate of drug-likeness (QED) is 0.322. The number of carbonyl (C=O) groups is 1. The molecule has 0 spiro atoms. The van der Waals surface area contributed by atoms with Gasteiger partial charge in [0.25, 0.3) is 21.6 Å². The van der Waals surface area contributed by atoms with Gasteiger partial charge in [0.15, 0.2) is 6.10 Å². The van der Waals surface area contributed by atoms with Crippen LogP contribution in [0.5, 0.6) is 0 Å². The number of ether oxygens (including phenoxy) is 1. The van der Waals surface area contributed by atoms with Gasteiger partial charge in [0, 0.05) is 23.3 Å². The number of esters is 1. The fraction of sp³-hybridized carbons (Fsp3) is 0.200. The van der Waals surface area contributed by atoms with E-state index in [-0.39, 0.29) is 28.2 Å². The molecule has 1 N–H and O–H groups in total. The van der Waals surface area contributed by atoms with E-state index >= 15 is 0 Å². The maximum absolute atomic E-state index is 12.5. The van der Waals surface area contributed by atoms with Crippen molar-refractivity contribution in [2.75, 3.05) is 0 Å². The molecule has 1 aromatic heterocycles. The molecule has 1 aliphatic heterocycles. The average Bonchev–Trinajstić information content (AvgIpc) is 3.37. The maximum Gasteiger partial charge on any atom is 0.331 e. The summed E-state index contributed by atoms with van der Waals surface area (Å²) in [4.78, 5) is 27.0. The number of nitrogens with one attached hydrogen (secondary N) is 1. The van der Waals surface area contributed by atoms with Crippen LogP contribution in [0, 0.1) is 10.1 Å². The lowest BCUT2D eigenvalue weighted by molar-refractivity contribution is -0.384. The largest absolute Gasteiger partial charge is 0.451 e. The van der Waals surface area contributed by atoms with Gasteiger partial charge in [-0.3, -0.25) is 19.8 Å². The SMILES string of the molecule is CC(OC(=O)[C@H](C)N=C1NS(=O)(=O)c2ccccc21)c1nnc(-c2ccc([N+](=O)[O-])cc2)o1. The van der Waals surface area contributed by atoms with Crippen molar-refractivity contribution in [2.45, 2.75) is 30.9 Å². The number of fused-ring (bicyclic) bond motifs is 1. The topological polar surface area (TPSA) is 167 Å². The van der Waals surface area contributed by atoms with Crippen LogP contribution in [0.3, 0.4) is 0 Å². The molecule has 33 heavy (non-hydrogen) atoms. The molecule has 12 nitrogen and oxygen atoms in total. The molecule has 3 aromatic rings. The Morgan fingerprint density at radius 2 is 1.85 bits per heavy atom. The smallest absolute Gasteiger partial charge is 0.331 e. The molecule has 0 radical (unpaired) electrons. The number of nitrogens with zero attached hydrogens (tertiary/aromatic N) is 4. The molecule has 2 aromatic carbocycles. The van der Waals surface area contributed by atoms with Crippen LogP contribution < -0.4 is 4.72 Å². The minimum absolute atomic E-state index is 0.0171. The van der Waals surface area contributed by atoms with Gasteiger partial charge >= 0.3 is 5.97 Å². The molecule has 0 fully saturated rings. The number of amidine groups is 1. The highest BCUT2D eigenvalue weighted by Gasteiger charge is 2.31. The highest BCUT2D eigenvalue weighted by Crippen LogP contribution is 2.25. The molecule has 2 heterocycles. The van der Waals surface area contributed by atoms with Crippen LogP contribution in [0.25, 0.3) is 11.5 Å². The second kappa shape index (κ2) is 8.43. The number of aromatic nitrogens is 2. The Bertz CT molecular complexity index is 1370. The monoisotopic (exact) mass is 471 g/mol. The second-order valence-electron chi connectivity index (χ2n) is 7.08. The molecular formula is C20H17N5O7S. The minimum Gasteiger partial charge on any atom is -0.451 e. The summed E-state index contributed by atoms with van der Waals surface area (Å²) < 4.78 is 37.6. The zero-order valence-electron chi connectivity index (χ0n) is 17.3. The zero-order chi connectivity index (χ0) is 23.8. The highest BCUT2D eigenvalue weighted by atomic mass is 32.2. The third kappa shape index (κ3) is 4.43. The summed E-state index contributed by atoms with van der Waals surface area (Å²) in [5, 5.41) is 18.5. The molecule has 13 heteroatoms. The van der Waals surface area contributed by atoms with E-state index in [9.17, 15) is 23.3 Å². The summed E-state index contributed by atoms with van der Waals surface area (Å²) in [6, 6.07) is 10.8. The van der Waals surface area contributed by atoms with Crippen LogP contribution in [0.2, 0.25) is 0 Å². The lowest BCUT2D eigenvalue weighted by atomic mass is 10.2. The van der Waals surface area contributed by atoms with Crippen LogP contribution in [-0.4, -0.2) is 41.4 Å². The second-order valence-corrected chi connectivity index (χ2v) is 8.73. The Labute approximate surface area is 187 Å². The summed E-state index contributed by atoms with van der Waals surface area (Å²) in [5.41, 5.74) is 0.753. The van der Waals surface area contributed by atoms with Crippen LogP contribution in [0.15, 0.2) is 62.8 Å². The van der Waals surface area contributed by atoms with E-state index in [4.69, 9.17) is 9.15 Å². The number of hydrogen-bond donors (Lipinski definition) is 1. The first-order chi connectivity index (χ1) is 15.7. The zero-order valence-corrected chi connectivity index (χ0v) is 18.1. The predicted molar refractivity (Wildman–Crippen MR) is 114 cm³/mol. The Hall–Kier alpha value is -4.13. The van der Waals surface area contributed by atoms with Crippen molar-refractivity contribution in [3.05, 3.63) is 70.1 Å². The Morgan fingerprint density at radius 1 is 1.15 bits per heavy atom. The molecular weight excluding hydrogens is 454 g/mol. The Kier molecular flexibility index (Phi) is 5.64. The number of non-ortho nitro benzene ring substituents is 1. The van der Waals surface area contributed by atoms with Gasteiger partial charge in [-0.2, -0.15) is 0 Å². The van der Waals surface area contributed by atoms with Gasteiger partial charge < -0.3 is 9.15 Å². The van der Waals surface area contributed by atoms with E-state index in [1.54, 1.807) is 18.2 Å². The molecule has 0 amide bonds. The van der Waals surface area contributed by atoms with E-state index < -0.39 is 33.1 Å². The fourth-order valence-corrected chi connectivity index (χ4v) is 4.28. The van der Waals surface area contributed by atoms with Crippen LogP contribution in [0.4, 0.5) is 5.69 Å². The summed E-state index contributed by atoms with van der Waals surface area (Å²) >= 11 is 0. The predicted octanol–water partition coefficient (Wildman–Crippen LogP) is 2.38. The number of sulfonamides is 1. The van der Waals surface area contributed by atoms with Gasteiger partial charge in [-0.05, 0) is 38.1 Å². The molecule has 1 aliphatic rings. The van der Waals surface area contributed by atoms with Crippen molar-refractivity contribution >= 4 is 27.5 Å². The van der Waals surface area contributed by atoms with Crippen molar-refractivity contribution in [1.82, 2.24) is 14.9 Å². The van der Waals surface area contributed by atoms with Crippen molar-refractivity contribution in [1.29, 1.82) is 0 Å². The summed E-state index contributed by atoms with van der Waals surface area (Å²) in [6.45, 7) is 2.99. The van der Waals surface area contributed by atoms with Crippen LogP contribution >= 0.6 is 0 Å². The first kappa shape index (κ1) is 22.1. The number of nitro benzene ring substituents is 1. The third-order valence-corrected chi connectivity index (χ3v) is 6.13. The number of carbonyl (C=O) groups excluding carboxylic acids is 1. The van der Waals surface area contributed by atoms with Crippen molar-refractivity contribution < 1.29 is 27.3 Å². The summed E-state index contributed by atoms with van der Waals surface area (Å²) in [5.74, 6) is -0.550. The van der Waals surface area contributed by atoms with Crippen molar-refractivity contribution in [3.8, 4) is 11.5 Å². The molecule has 0 aliphatic carbocycles. The molecule has 2 atom stereocenters. The summed E-state index contributed by atoms with van der Waals surface area (Å²) in [7, 11) is -3.73. The molecule has 0 bridgehead atoms. The van der Waals surface area contributed by atoms with Crippen LogP contribution in [-0.2, 0) is 19.6 Å².